The second-order valence-corrected chi connectivity index (χ2v) is 7.54. The highest BCUT2D eigenvalue weighted by atomic mass is 16.5. The van der Waals surface area contributed by atoms with E-state index in [1.807, 2.05) is 25.1 Å². The van der Waals surface area contributed by atoms with Gasteiger partial charge in [-0.15, -0.1) is 0 Å². The van der Waals surface area contributed by atoms with Gasteiger partial charge in [0.15, 0.2) is 0 Å². The minimum Gasteiger partial charge on any atom is -0.496 e. The van der Waals surface area contributed by atoms with Crippen LogP contribution in [0.25, 0.3) is 0 Å². The molecular weight excluding hydrogens is 404 g/mol. The minimum atomic E-state index is -0.254. The van der Waals surface area contributed by atoms with Gasteiger partial charge in [-0.3, -0.25) is 14.6 Å². The van der Waals surface area contributed by atoms with Crippen molar-refractivity contribution in [3.63, 3.8) is 0 Å². The molecule has 2 aromatic carbocycles. The van der Waals surface area contributed by atoms with Gasteiger partial charge >= 0.3 is 0 Å². The van der Waals surface area contributed by atoms with Gasteiger partial charge in [0.1, 0.15) is 5.75 Å². The molecule has 32 heavy (non-hydrogen) atoms. The molecule has 0 fully saturated rings. The third-order valence-corrected chi connectivity index (χ3v) is 5.31. The predicted octanol–water partition coefficient (Wildman–Crippen LogP) is 4.29. The first-order valence-corrected chi connectivity index (χ1v) is 10.4. The zero-order valence-corrected chi connectivity index (χ0v) is 18.0. The van der Waals surface area contributed by atoms with Gasteiger partial charge in [-0.25, -0.2) is 5.01 Å². The van der Waals surface area contributed by atoms with Gasteiger partial charge in [0.2, 0.25) is 0 Å². The summed E-state index contributed by atoms with van der Waals surface area (Å²) in [5.41, 5.74) is 4.45. The Balaban J connectivity index is 1.48. The lowest BCUT2D eigenvalue weighted by molar-refractivity contribution is 0.0751. The average molecular weight is 428 g/mol. The summed E-state index contributed by atoms with van der Waals surface area (Å²) in [7, 11) is 1.65. The molecule has 2 heterocycles. The third kappa shape index (κ3) is 4.67. The van der Waals surface area contributed by atoms with Gasteiger partial charge in [0, 0.05) is 35.8 Å². The van der Waals surface area contributed by atoms with Crippen LogP contribution in [0, 0.1) is 6.92 Å². The Morgan fingerprint density at radius 3 is 2.59 bits per heavy atom. The number of methoxy groups -OCH3 is 1. The van der Waals surface area contributed by atoms with Crippen LogP contribution in [-0.4, -0.2) is 41.2 Å². The number of benzene rings is 2. The van der Waals surface area contributed by atoms with Crippen molar-refractivity contribution in [1.29, 1.82) is 0 Å². The van der Waals surface area contributed by atoms with Crippen molar-refractivity contribution < 1.29 is 14.3 Å². The quantitative estimate of drug-likeness (QED) is 0.657. The van der Waals surface area contributed by atoms with Crippen molar-refractivity contribution >= 4 is 23.2 Å². The number of nitrogens with one attached hydrogen (secondary N) is 1. The van der Waals surface area contributed by atoms with E-state index in [4.69, 9.17) is 4.74 Å². The minimum absolute atomic E-state index is 0.175. The van der Waals surface area contributed by atoms with Crippen molar-refractivity contribution in [1.82, 2.24) is 9.99 Å². The number of hydrazone groups is 1. The van der Waals surface area contributed by atoms with Gasteiger partial charge < -0.3 is 10.1 Å². The van der Waals surface area contributed by atoms with Crippen LogP contribution in [0.15, 0.2) is 72.1 Å². The fraction of sp³-hybridized carbons (Fsp3) is 0.200. The molecule has 1 aliphatic heterocycles. The molecule has 2 amide bonds. The number of anilines is 1. The summed E-state index contributed by atoms with van der Waals surface area (Å²) in [6.45, 7) is 2.55. The third-order valence-electron chi connectivity index (χ3n) is 5.31. The van der Waals surface area contributed by atoms with Crippen LogP contribution in [0.2, 0.25) is 0 Å². The Morgan fingerprint density at radius 2 is 1.88 bits per heavy atom. The number of hydrogen-bond acceptors (Lipinski definition) is 5. The molecule has 1 N–H and O–H groups in total. The van der Waals surface area contributed by atoms with E-state index in [1.54, 1.807) is 49.7 Å². The highest BCUT2D eigenvalue weighted by Gasteiger charge is 2.21. The molecule has 0 spiro atoms. The van der Waals surface area contributed by atoms with Gasteiger partial charge in [-0.1, -0.05) is 12.1 Å². The van der Waals surface area contributed by atoms with E-state index >= 15 is 0 Å². The smallest absolute Gasteiger partial charge is 0.273 e. The summed E-state index contributed by atoms with van der Waals surface area (Å²) in [6, 6.07) is 16.2. The maximum atomic E-state index is 13.0. The first-order chi connectivity index (χ1) is 15.5. The Morgan fingerprint density at radius 1 is 1.06 bits per heavy atom. The van der Waals surface area contributed by atoms with Crippen LogP contribution in [0.1, 0.15) is 44.7 Å². The molecule has 0 aliphatic carbocycles. The van der Waals surface area contributed by atoms with E-state index in [0.29, 0.717) is 23.4 Å². The molecule has 162 valence electrons. The second-order valence-electron chi connectivity index (χ2n) is 7.54. The number of ether oxygens (including phenoxy) is 1. The molecule has 0 radical (unpaired) electrons. The first kappa shape index (κ1) is 21.2. The zero-order valence-electron chi connectivity index (χ0n) is 18.0. The number of carbonyl (C=O) groups excluding carboxylic acids is 2. The Hall–Kier alpha value is -4.00. The van der Waals surface area contributed by atoms with E-state index in [0.717, 1.165) is 35.4 Å². The fourth-order valence-corrected chi connectivity index (χ4v) is 3.54. The number of nitrogens with zero attached hydrogens (tertiary/aromatic N) is 3. The first-order valence-electron chi connectivity index (χ1n) is 10.4. The van der Waals surface area contributed by atoms with Gasteiger partial charge in [0.05, 0.1) is 18.4 Å². The molecule has 1 aromatic heterocycles. The number of carbonyl (C=O) groups is 2. The summed E-state index contributed by atoms with van der Waals surface area (Å²) in [4.78, 5) is 29.2. The molecule has 4 rings (SSSR count). The topological polar surface area (TPSA) is 83.9 Å². The SMILES string of the molecule is COc1cc(C2=NN(C(=O)c3ccc(NC(=O)c4cccnc4)cc3)CCC2)ccc1C. The largest absolute Gasteiger partial charge is 0.496 e. The molecule has 0 atom stereocenters. The van der Waals surface area contributed by atoms with Crippen LogP contribution in [0.3, 0.4) is 0 Å². The highest BCUT2D eigenvalue weighted by molar-refractivity contribution is 6.05. The number of hydrogen-bond donors (Lipinski definition) is 1. The van der Waals surface area contributed by atoms with Crippen LogP contribution in [0.4, 0.5) is 5.69 Å². The Bertz CT molecular complexity index is 1160. The van der Waals surface area contributed by atoms with E-state index in [-0.39, 0.29) is 11.8 Å². The Labute approximate surface area is 186 Å². The molecule has 0 unspecified atom stereocenters. The molecule has 1 aliphatic rings. The predicted molar refractivity (Wildman–Crippen MR) is 123 cm³/mol. The summed E-state index contributed by atoms with van der Waals surface area (Å²) >= 11 is 0. The average Bonchev–Trinajstić information content (AvgIpc) is 2.85. The molecule has 0 bridgehead atoms. The van der Waals surface area contributed by atoms with Crippen molar-refractivity contribution in [3.8, 4) is 5.75 Å². The molecule has 7 nitrogen and oxygen atoms in total. The molecule has 0 saturated carbocycles. The maximum Gasteiger partial charge on any atom is 0.273 e. The molecular formula is C25H24N4O3. The number of amides is 2. The lowest BCUT2D eigenvalue weighted by Crippen LogP contribution is -2.32. The summed E-state index contributed by atoms with van der Waals surface area (Å²) in [5.74, 6) is 0.375. The number of aryl methyl sites for hydroxylation is 1. The zero-order chi connectivity index (χ0) is 22.5. The molecule has 7 heteroatoms. The molecule has 0 saturated heterocycles. The monoisotopic (exact) mass is 428 g/mol. The van der Waals surface area contributed by atoms with Crippen molar-refractivity contribution in [2.45, 2.75) is 19.8 Å². The van der Waals surface area contributed by atoms with Crippen LogP contribution in [0.5, 0.6) is 5.75 Å². The van der Waals surface area contributed by atoms with Crippen molar-refractivity contribution in [2.75, 3.05) is 19.0 Å². The number of aromatic nitrogens is 1. The lowest BCUT2D eigenvalue weighted by atomic mass is 10.0. The van der Waals surface area contributed by atoms with Crippen LogP contribution >= 0.6 is 0 Å². The van der Waals surface area contributed by atoms with Gasteiger partial charge in [0.25, 0.3) is 11.8 Å². The standard InChI is InChI=1S/C25H24N4O3/c1-17-7-8-19(15-23(17)32-2)22-6-4-14-29(28-22)25(31)18-9-11-21(12-10-18)27-24(30)20-5-3-13-26-16-20/h3,5,7-13,15-16H,4,6,14H2,1-2H3,(H,27,30). The van der Waals surface area contributed by atoms with Crippen LogP contribution in [-0.2, 0) is 0 Å². The second kappa shape index (κ2) is 9.43. The van der Waals surface area contributed by atoms with Crippen molar-refractivity contribution in [2.24, 2.45) is 5.10 Å². The van der Waals surface area contributed by atoms with E-state index in [2.05, 4.69) is 15.4 Å². The lowest BCUT2D eigenvalue weighted by Gasteiger charge is -2.24. The summed E-state index contributed by atoms with van der Waals surface area (Å²) < 4.78 is 5.42. The van der Waals surface area contributed by atoms with E-state index in [1.165, 1.54) is 11.2 Å². The van der Waals surface area contributed by atoms with Crippen molar-refractivity contribution in [3.05, 3.63) is 89.2 Å². The fourth-order valence-electron chi connectivity index (χ4n) is 3.54. The number of pyridine rings is 1. The molecule has 3 aromatic rings. The van der Waals surface area contributed by atoms with Gasteiger partial charge in [-0.2, -0.15) is 5.10 Å². The van der Waals surface area contributed by atoms with Crippen LogP contribution < -0.4 is 10.1 Å². The van der Waals surface area contributed by atoms with Gasteiger partial charge in [-0.05, 0) is 67.8 Å². The highest BCUT2D eigenvalue weighted by Crippen LogP contribution is 2.23. The normalized spacial score (nSPS) is 13.3. The summed E-state index contributed by atoms with van der Waals surface area (Å²) in [6.07, 6.45) is 4.75. The van der Waals surface area contributed by atoms with E-state index < -0.39 is 0 Å². The maximum absolute atomic E-state index is 13.0. The number of rotatable bonds is 5. The Kier molecular flexibility index (Phi) is 6.26. The summed E-state index contributed by atoms with van der Waals surface area (Å²) in [5, 5.41) is 8.92. The van der Waals surface area contributed by atoms with E-state index in [9.17, 15) is 9.59 Å².